The van der Waals surface area contributed by atoms with Gasteiger partial charge in [-0.15, -0.1) is 0 Å². The molecule has 2 N–H and O–H groups in total. The molecule has 0 unspecified atom stereocenters. The van der Waals surface area contributed by atoms with Gasteiger partial charge in [0.15, 0.2) is 5.41 Å². The third-order valence-corrected chi connectivity index (χ3v) is 4.14. The third-order valence-electron chi connectivity index (χ3n) is 4.14. The molecule has 1 aliphatic rings. The van der Waals surface area contributed by atoms with E-state index in [1.165, 1.54) is 6.08 Å². The number of imide groups is 2. The molecule has 4 amide bonds. The maximum Gasteiger partial charge on any atom is 0.330 e. The van der Waals surface area contributed by atoms with Crippen molar-refractivity contribution in [1.29, 1.82) is 0 Å². The highest BCUT2D eigenvalue weighted by molar-refractivity contribution is 6.23. The van der Waals surface area contributed by atoms with E-state index in [1.54, 1.807) is 36.4 Å². The van der Waals surface area contributed by atoms with E-state index >= 15 is 0 Å². The highest BCUT2D eigenvalue weighted by Crippen LogP contribution is 2.27. The van der Waals surface area contributed by atoms with Gasteiger partial charge in [-0.1, -0.05) is 60.7 Å². The predicted octanol–water partition coefficient (Wildman–Crippen LogP) is 1.55. The molecule has 0 aromatic heterocycles. The molecule has 2 aromatic carbocycles. The van der Waals surface area contributed by atoms with Crippen LogP contribution < -0.4 is 10.6 Å². The number of hydrogen-bond donors (Lipinski definition) is 2. The zero-order valence-electron chi connectivity index (χ0n) is 14.2. The van der Waals surface area contributed by atoms with Crippen LogP contribution in [-0.2, 0) is 24.5 Å². The van der Waals surface area contributed by atoms with Crippen LogP contribution in [0.15, 0.2) is 66.7 Å². The van der Waals surface area contributed by atoms with Crippen molar-refractivity contribution >= 4 is 29.9 Å². The maximum absolute atomic E-state index is 12.5. The molecule has 3 rings (SSSR count). The van der Waals surface area contributed by atoms with E-state index in [4.69, 9.17) is 4.74 Å². The summed E-state index contributed by atoms with van der Waals surface area (Å²) in [6.07, 6.45) is 2.76. The number of rotatable bonds is 5. The fourth-order valence-electron chi connectivity index (χ4n) is 2.71. The van der Waals surface area contributed by atoms with Crippen LogP contribution in [0.3, 0.4) is 0 Å². The third kappa shape index (κ3) is 3.77. The maximum atomic E-state index is 12.5. The number of esters is 1. The summed E-state index contributed by atoms with van der Waals surface area (Å²) in [5.74, 6) is -2.41. The summed E-state index contributed by atoms with van der Waals surface area (Å²) < 4.78 is 5.18. The van der Waals surface area contributed by atoms with Crippen LogP contribution in [0.1, 0.15) is 11.1 Å². The second kappa shape index (κ2) is 7.65. The molecule has 1 saturated heterocycles. The molecule has 2 aromatic rings. The molecule has 1 aliphatic heterocycles. The van der Waals surface area contributed by atoms with Crippen LogP contribution in [-0.4, -0.2) is 30.4 Å². The monoisotopic (exact) mass is 364 g/mol. The highest BCUT2D eigenvalue weighted by Gasteiger charge is 2.53. The van der Waals surface area contributed by atoms with Gasteiger partial charge in [0.2, 0.25) is 0 Å². The minimum atomic E-state index is -1.84. The molecule has 136 valence electrons. The topological polar surface area (TPSA) is 102 Å². The number of amides is 4. The summed E-state index contributed by atoms with van der Waals surface area (Å²) in [6, 6.07) is 16.3. The number of carbonyl (C=O) groups is 4. The molecule has 7 nitrogen and oxygen atoms in total. The van der Waals surface area contributed by atoms with Crippen LogP contribution >= 0.6 is 0 Å². The van der Waals surface area contributed by atoms with E-state index in [-0.39, 0.29) is 0 Å². The van der Waals surface area contributed by atoms with Crippen LogP contribution in [0.2, 0.25) is 0 Å². The minimum Gasteiger partial charge on any atom is -0.460 e. The van der Waals surface area contributed by atoms with Gasteiger partial charge in [0.1, 0.15) is 6.61 Å². The van der Waals surface area contributed by atoms with Crippen molar-refractivity contribution in [3.05, 3.63) is 77.9 Å². The van der Waals surface area contributed by atoms with Crippen LogP contribution in [0, 0.1) is 0 Å². The normalized spacial score (nSPS) is 15.9. The number of hydrogen-bond acceptors (Lipinski definition) is 5. The van der Waals surface area contributed by atoms with E-state index in [1.807, 2.05) is 30.3 Å². The van der Waals surface area contributed by atoms with Gasteiger partial charge in [0.05, 0.1) is 0 Å². The van der Waals surface area contributed by atoms with Crippen molar-refractivity contribution in [1.82, 2.24) is 10.6 Å². The minimum absolute atomic E-state index is 0.312. The summed E-state index contributed by atoms with van der Waals surface area (Å²) in [5.41, 5.74) is -0.732. The first-order valence-corrected chi connectivity index (χ1v) is 8.14. The number of urea groups is 1. The summed E-state index contributed by atoms with van der Waals surface area (Å²) in [5, 5.41) is 4.12. The molecule has 27 heavy (non-hydrogen) atoms. The van der Waals surface area contributed by atoms with Crippen molar-refractivity contribution in [2.45, 2.75) is 5.41 Å². The zero-order valence-corrected chi connectivity index (χ0v) is 14.2. The average Bonchev–Trinajstić information content (AvgIpc) is 2.67. The first-order valence-electron chi connectivity index (χ1n) is 8.14. The first kappa shape index (κ1) is 18.1. The largest absolute Gasteiger partial charge is 0.460 e. The van der Waals surface area contributed by atoms with Crippen LogP contribution in [0.25, 0.3) is 6.08 Å². The Morgan fingerprint density at radius 2 is 1.44 bits per heavy atom. The quantitative estimate of drug-likeness (QED) is 0.476. The predicted molar refractivity (Wildman–Crippen MR) is 96.2 cm³/mol. The van der Waals surface area contributed by atoms with Crippen molar-refractivity contribution in [3.8, 4) is 0 Å². The van der Waals surface area contributed by atoms with Gasteiger partial charge in [-0.25, -0.2) is 9.59 Å². The lowest BCUT2D eigenvalue weighted by Crippen LogP contribution is -2.66. The number of barbiturate groups is 1. The molecular formula is C20H16N2O5. The Labute approximate surface area is 155 Å². The second-order valence-electron chi connectivity index (χ2n) is 5.86. The molecule has 0 saturated carbocycles. The Morgan fingerprint density at radius 3 is 2.04 bits per heavy atom. The average molecular weight is 364 g/mol. The summed E-state index contributed by atoms with van der Waals surface area (Å²) >= 11 is 0. The lowest BCUT2D eigenvalue weighted by molar-refractivity contribution is -0.147. The van der Waals surface area contributed by atoms with Crippen molar-refractivity contribution < 1.29 is 23.9 Å². The molecule has 1 heterocycles. The Kier molecular flexibility index (Phi) is 5.12. The van der Waals surface area contributed by atoms with E-state index in [2.05, 4.69) is 10.6 Å². The SMILES string of the molecule is O=C1NC(=O)C(COC(=O)/C=C/c2ccccc2)(c2ccccc2)C(=O)N1. The van der Waals surface area contributed by atoms with Crippen molar-refractivity contribution in [2.24, 2.45) is 0 Å². The molecule has 0 aliphatic carbocycles. The Morgan fingerprint density at radius 1 is 0.889 bits per heavy atom. The van der Waals surface area contributed by atoms with Gasteiger partial charge < -0.3 is 4.74 Å². The van der Waals surface area contributed by atoms with E-state index in [0.29, 0.717) is 5.56 Å². The molecule has 7 heteroatoms. The molecule has 0 bridgehead atoms. The highest BCUT2D eigenvalue weighted by atomic mass is 16.5. The Bertz CT molecular complexity index is 886. The van der Waals surface area contributed by atoms with Crippen LogP contribution in [0.4, 0.5) is 4.79 Å². The molecule has 1 fully saturated rings. The van der Waals surface area contributed by atoms with Gasteiger partial charge in [-0.05, 0) is 17.2 Å². The molecular weight excluding hydrogens is 348 g/mol. The van der Waals surface area contributed by atoms with Gasteiger partial charge in [-0.3, -0.25) is 20.2 Å². The van der Waals surface area contributed by atoms with Crippen molar-refractivity contribution in [2.75, 3.05) is 6.61 Å². The van der Waals surface area contributed by atoms with E-state index < -0.39 is 35.8 Å². The van der Waals surface area contributed by atoms with Crippen molar-refractivity contribution in [3.63, 3.8) is 0 Å². The van der Waals surface area contributed by atoms with Gasteiger partial charge >= 0.3 is 12.0 Å². The lowest BCUT2D eigenvalue weighted by atomic mass is 9.78. The van der Waals surface area contributed by atoms with Gasteiger partial charge in [-0.2, -0.15) is 0 Å². The number of benzene rings is 2. The van der Waals surface area contributed by atoms with E-state index in [0.717, 1.165) is 5.56 Å². The smallest absolute Gasteiger partial charge is 0.330 e. The Balaban J connectivity index is 1.82. The molecule has 0 spiro atoms. The number of carbonyl (C=O) groups excluding carboxylic acids is 4. The van der Waals surface area contributed by atoms with E-state index in [9.17, 15) is 19.2 Å². The number of nitrogens with one attached hydrogen (secondary N) is 2. The number of ether oxygens (including phenoxy) is 1. The second-order valence-corrected chi connectivity index (χ2v) is 5.86. The summed E-state index contributed by atoms with van der Waals surface area (Å²) in [7, 11) is 0. The molecule has 0 atom stereocenters. The Hall–Kier alpha value is -3.74. The fourth-order valence-corrected chi connectivity index (χ4v) is 2.71. The van der Waals surface area contributed by atoms with Crippen LogP contribution in [0.5, 0.6) is 0 Å². The first-order chi connectivity index (χ1) is 13.0. The van der Waals surface area contributed by atoms with Gasteiger partial charge in [0.25, 0.3) is 11.8 Å². The standard InChI is InChI=1S/C20H16N2O5/c23-16(12-11-14-7-3-1-4-8-14)27-13-20(15-9-5-2-6-10-15)17(24)21-19(26)22-18(20)25/h1-12H,13H2,(H2,21,22,24,25,26)/b12-11+. The lowest BCUT2D eigenvalue weighted by Gasteiger charge is -2.33. The summed E-state index contributed by atoms with van der Waals surface area (Å²) in [4.78, 5) is 48.5. The zero-order chi connectivity index (χ0) is 19.3. The fraction of sp³-hybridized carbons (Fsp3) is 0.100. The molecule has 0 radical (unpaired) electrons. The van der Waals surface area contributed by atoms with Gasteiger partial charge in [0, 0.05) is 6.08 Å². The summed E-state index contributed by atoms with van der Waals surface area (Å²) in [6.45, 7) is -0.542.